The third-order valence-corrected chi connectivity index (χ3v) is 17.8. The van der Waals surface area contributed by atoms with E-state index in [4.69, 9.17) is 45.0 Å². The van der Waals surface area contributed by atoms with Crippen LogP contribution in [0, 0.1) is 168 Å². The fraction of sp³-hybridized carbons (Fsp3) is 0.198. The molecule has 0 saturated heterocycles. The van der Waals surface area contributed by atoms with Crippen molar-refractivity contribution in [2.45, 2.75) is 53.4 Å². The number of halogens is 8. The van der Waals surface area contributed by atoms with E-state index in [1.165, 1.54) is 84.8 Å². The van der Waals surface area contributed by atoms with Gasteiger partial charge in [0.05, 0.1) is 135 Å². The molecule has 0 fully saturated rings. The topological polar surface area (TPSA) is 523 Å². The van der Waals surface area contributed by atoms with E-state index >= 15 is 0 Å². The molecule has 12 rings (SSSR count). The Bertz CT molecular complexity index is 5780. The van der Waals surface area contributed by atoms with Crippen LogP contribution in [-0.2, 0) is 26.7 Å². The number of fused-ring (bicyclic) bond motifs is 3. The summed E-state index contributed by atoms with van der Waals surface area (Å²) >= 11 is 5.42. The third kappa shape index (κ3) is 34.7. The number of aromatic nitrogens is 2. The second kappa shape index (κ2) is 55.7. The first-order chi connectivity index (χ1) is 58.8. The molecule has 36 nitrogen and oxygen atoms in total. The summed E-state index contributed by atoms with van der Waals surface area (Å²) in [6.45, 7) is 8.07. The zero-order valence-corrected chi connectivity index (χ0v) is 78.6. The van der Waals surface area contributed by atoms with Crippen LogP contribution < -0.4 is 117 Å². The number of rotatable bonds is 18. The van der Waals surface area contributed by atoms with E-state index in [0.29, 0.717) is 67.2 Å². The molecule has 0 aliphatic carbocycles. The van der Waals surface area contributed by atoms with Gasteiger partial charge < -0.3 is 81.0 Å². The van der Waals surface area contributed by atoms with Crippen molar-refractivity contribution in [3.8, 4) is 69.0 Å². The normalized spacial score (nSPS) is 10.5. The number of ether oxygens (including phenoxy) is 7. The molecule has 11 aromatic rings. The molecule has 686 valence electrons. The number of imide groups is 1. The summed E-state index contributed by atoms with van der Waals surface area (Å²) in [6.07, 6.45) is -4.98. The van der Waals surface area contributed by atoms with E-state index in [-0.39, 0.29) is 274 Å². The average molecular weight is 2080 g/mol. The van der Waals surface area contributed by atoms with Gasteiger partial charge in [-0.15, -0.1) is 5.75 Å². The minimum Gasteiger partial charge on any atom is -0.872 e. The van der Waals surface area contributed by atoms with Crippen molar-refractivity contribution in [3.63, 3.8) is 0 Å². The number of hydrogen-bond acceptors (Lipinski definition) is 28. The van der Waals surface area contributed by atoms with Crippen LogP contribution in [0.2, 0.25) is 0 Å². The number of methoxy groups -OCH3 is 6. The van der Waals surface area contributed by atoms with Gasteiger partial charge in [0, 0.05) is 181 Å². The first kappa shape index (κ1) is 118. The van der Waals surface area contributed by atoms with Crippen LogP contribution in [0.1, 0.15) is 70.2 Å². The minimum absolute atomic E-state index is 0. The van der Waals surface area contributed by atoms with Crippen molar-refractivity contribution >= 4 is 141 Å². The quantitative estimate of drug-likeness (QED) is 0.00455. The van der Waals surface area contributed by atoms with Gasteiger partial charge in [-0.3, -0.25) is 74.3 Å². The first-order valence-electron chi connectivity index (χ1n) is 35.4. The number of phenolic OH excluding ortho intramolecular Hbond substituents is 3. The molecule has 10 N–H and O–H groups in total. The number of anilines is 5. The molecule has 1 aliphatic heterocycles. The van der Waals surface area contributed by atoms with Gasteiger partial charge in [0.15, 0.2) is 51.5 Å². The molecule has 0 radical (unpaired) electrons. The number of nitrogens with one attached hydrogen (secondary N) is 3. The number of nitrogen functional groups attached to an aromatic ring is 2. The Labute approximate surface area is 884 Å². The van der Waals surface area contributed by atoms with Crippen molar-refractivity contribution in [2.75, 3.05) is 81.0 Å². The second-order valence-electron chi connectivity index (χ2n) is 25.1. The van der Waals surface area contributed by atoms with Gasteiger partial charge in [-0.2, -0.15) is 26.3 Å². The minimum atomic E-state index is -4.56. The molecule has 5 amide bonds. The molecule has 48 heteroatoms. The number of nitrogens with zero attached hydrogens (tertiary/aromatic N) is 7. The number of aromatic hydroxyl groups is 3. The van der Waals surface area contributed by atoms with E-state index < -0.39 is 60.5 Å². The maximum atomic E-state index is 12.8. The molecule has 129 heavy (non-hydrogen) atoms. The summed E-state index contributed by atoms with van der Waals surface area (Å²) in [5, 5.41) is 91.0. The molecule has 0 saturated carbocycles. The van der Waals surface area contributed by atoms with Crippen molar-refractivity contribution < 1.29 is 288 Å². The van der Waals surface area contributed by atoms with Gasteiger partial charge in [0.25, 0.3) is 34.6 Å². The molecule has 9 aromatic carbocycles. The van der Waals surface area contributed by atoms with Crippen molar-refractivity contribution in [1.82, 2.24) is 14.9 Å². The van der Waals surface area contributed by atoms with Gasteiger partial charge >= 0.3 is 63.7 Å². The Morgan fingerprint density at radius 1 is 0.496 bits per heavy atom. The summed E-state index contributed by atoms with van der Waals surface area (Å²) in [4.78, 5) is 106. The van der Waals surface area contributed by atoms with E-state index in [0.717, 1.165) is 95.4 Å². The van der Waals surface area contributed by atoms with Gasteiger partial charge in [0.1, 0.15) is 34.3 Å². The molecule has 2 aromatic heterocycles. The summed E-state index contributed by atoms with van der Waals surface area (Å²) < 4.78 is 110. The Morgan fingerprint density at radius 2 is 0.922 bits per heavy atom. The van der Waals surface area contributed by atoms with Crippen LogP contribution in [0.25, 0.3) is 21.8 Å². The number of carbonyl (C=O) groups is 5. The number of pyridine rings is 2. The number of nitro benzene ring substituents is 4. The van der Waals surface area contributed by atoms with Crippen LogP contribution >= 0.6 is 38.5 Å². The summed E-state index contributed by atoms with van der Waals surface area (Å²) in [5.41, 5.74) is 12.8. The third-order valence-electron chi connectivity index (χ3n) is 16.4. The molecular weight excluding hydrogens is 2000 g/mol. The SMILES string of the molecule is COc1cc(N)c2nccc(C)c2c1O.COc1cc([N+](=O)[O-])c(N)cc1O.COc1cc([N+](=O)[O-])c(NC(C)=O)cc1Br.COc1cc([N+](=O)[O-])c(NC(C)=O)cc1Oc1cccc(C(F)(F)F)c1.COc1cc([N+](=O)[O-])c2nccc(C)c2c1O.COc1ccc(NC(C)=O)cc1.O=C1c2ccccc2C(=O)N1CCCI.[Ar].[Ar].[Ar].[K+].[O-]c1cccc(C(F)(F)F)c1. The molecule has 1 aliphatic rings. The molecule has 3 heterocycles. The van der Waals surface area contributed by atoms with Gasteiger partial charge in [-0.05, 0) is 120 Å². The van der Waals surface area contributed by atoms with Crippen LogP contribution in [0.4, 0.5) is 77.5 Å². The molecule has 0 spiro atoms. The number of aryl methyl sites for hydroxylation is 2. The number of carbonyl (C=O) groups excluding carboxylic acids is 5. The van der Waals surface area contributed by atoms with Gasteiger partial charge in [-0.1, -0.05) is 65.1 Å². The zero-order valence-electron chi connectivity index (χ0n) is 69.6. The maximum Gasteiger partial charge on any atom is 1.00 e. The standard InChI is InChI=1S/C16H13F3N2O5.C11H10INO2.C11H10N2O4.C11H12N2O2.C9H9BrN2O4.C9H11NO2.C7H5F3O.C7H8N2O4.3Ar.K/c1-9(22)20-12-7-15(14(25-2)8-13(12)21(23)24)26-11-5-3-4-10(6-11)16(17,18)19;12-6-3-7-13-10(14)8-4-1-2-5-9(8)11(13)15;1-6-3-4-12-10-7(13(15)16)5-8(17-2)11(14)9(6)10;1-6-3-4-13-10-7(12)5-8(15-2)11(14)9(6)10;1-5(13)11-7-3-6(10)9(16-2)4-8(7)12(14)15;1-7(11)10-8-3-5-9(12-2)6-4-8;8-7(9,10)5-2-1-3-6(11)4-5;1-13-7-3-5(9(11)12)4(8)2-6(7)10;;;;/h3-8H,1-2H3,(H,20,22);1-2,4-5H,3,6-7H2;3-5,14H,1-2H3;3-5,14H,12H2,1-2H3;3-4H,1-2H3,(H,11,13);3-6H,1-2H3,(H,10,11);1-4,11H;2-3,10H,8H2,1H3;;;;/q;;;;;;;;;;;+1/p-1. The number of benzene rings is 9. The Hall–Kier alpha value is -9.44. The second-order valence-corrected chi connectivity index (χ2v) is 27.0. The maximum absolute atomic E-state index is 12.8. The first-order valence-corrected chi connectivity index (χ1v) is 37.7. The number of non-ortho nitro benzene ring substituents is 1. The molecule has 0 atom stereocenters. The monoisotopic (exact) mass is 2080 g/mol. The predicted molar refractivity (Wildman–Crippen MR) is 457 cm³/mol. The molecular formula is C81H77Ar3BrF6IKN12O24. The number of hydrogen-bond donors (Lipinski definition) is 8. The number of amides is 5. The van der Waals surface area contributed by atoms with Crippen molar-refractivity contribution in [2.24, 2.45) is 0 Å². The van der Waals surface area contributed by atoms with Crippen molar-refractivity contribution in [1.29, 1.82) is 0 Å². The predicted octanol–water partition coefficient (Wildman–Crippen LogP) is 14.1. The smallest absolute Gasteiger partial charge is 0.872 e. The number of nitro groups is 4. The van der Waals surface area contributed by atoms with Crippen LogP contribution in [-0.4, -0.2) is 133 Å². The number of nitrogens with two attached hydrogens (primary N) is 2. The zero-order chi connectivity index (χ0) is 93.7. The van der Waals surface area contributed by atoms with Gasteiger partial charge in [-0.25, -0.2) is 4.98 Å². The van der Waals surface area contributed by atoms with Crippen molar-refractivity contribution in [3.05, 3.63) is 248 Å². The van der Waals surface area contributed by atoms with Crippen LogP contribution in [0.3, 0.4) is 0 Å². The summed E-state index contributed by atoms with van der Waals surface area (Å²) in [5.74, 6) is -0.937. The summed E-state index contributed by atoms with van der Waals surface area (Å²) in [7, 11) is 8.36. The fourth-order valence-electron chi connectivity index (χ4n) is 10.7. The van der Waals surface area contributed by atoms with Crippen LogP contribution in [0.15, 0.2) is 175 Å². The molecule has 0 unspecified atom stereocenters. The van der Waals surface area contributed by atoms with E-state index in [9.17, 15) is 106 Å². The van der Waals surface area contributed by atoms with E-state index in [2.05, 4.69) is 69.2 Å². The average Bonchev–Trinajstić information content (AvgIpc) is 1.72. The Morgan fingerprint density at radius 3 is 1.36 bits per heavy atom. The largest absolute Gasteiger partial charge is 1.00 e. The Kier molecular flexibility index (Phi) is 50.7. The Balaban J connectivity index is 0.000000744. The summed E-state index contributed by atoms with van der Waals surface area (Å²) in [6, 6.07) is 35.0. The molecule has 0 bridgehead atoms. The van der Waals surface area contributed by atoms with Gasteiger partial charge in [0.2, 0.25) is 17.7 Å². The van der Waals surface area contributed by atoms with E-state index in [1.807, 2.05) is 13.0 Å². The van der Waals surface area contributed by atoms with Crippen LogP contribution in [0.5, 0.6) is 69.0 Å². The van der Waals surface area contributed by atoms with E-state index in [1.54, 1.807) is 80.9 Å². The fourth-order valence-corrected chi connectivity index (χ4v) is 11.5. The number of alkyl halides is 7. The number of phenols is 3.